The molecular formula is C21H26N2O3S. The third-order valence-corrected chi connectivity index (χ3v) is 4.22. The Balaban J connectivity index is 1.88. The van der Waals surface area contributed by atoms with Gasteiger partial charge in [-0.05, 0) is 55.4 Å². The summed E-state index contributed by atoms with van der Waals surface area (Å²) >= 11 is 5.21. The third kappa shape index (κ3) is 6.57. The van der Waals surface area contributed by atoms with Crippen LogP contribution in [0.5, 0.6) is 11.5 Å². The quantitative estimate of drug-likeness (QED) is 0.531. The molecular weight excluding hydrogens is 360 g/mol. The first-order chi connectivity index (χ1) is 13.0. The normalized spacial score (nSPS) is 10.2. The van der Waals surface area contributed by atoms with Gasteiger partial charge in [0.1, 0.15) is 0 Å². The summed E-state index contributed by atoms with van der Waals surface area (Å²) in [4.78, 5) is 12.2. The number of ether oxygens (including phenoxy) is 2. The number of carbonyl (C=O) groups excluding carboxylic acids is 1. The van der Waals surface area contributed by atoms with Crippen LogP contribution in [0.25, 0.3) is 0 Å². The summed E-state index contributed by atoms with van der Waals surface area (Å²) in [5.41, 5.74) is 2.64. The number of rotatable bonds is 8. The van der Waals surface area contributed by atoms with E-state index < -0.39 is 0 Å². The fourth-order valence-electron chi connectivity index (χ4n) is 2.37. The minimum Gasteiger partial charge on any atom is -0.493 e. The number of nitrogens with one attached hydrogen (secondary N) is 2. The van der Waals surface area contributed by atoms with Crippen LogP contribution < -0.4 is 20.1 Å². The van der Waals surface area contributed by atoms with Gasteiger partial charge >= 0.3 is 0 Å². The van der Waals surface area contributed by atoms with E-state index in [9.17, 15) is 4.79 Å². The van der Waals surface area contributed by atoms with Gasteiger partial charge in [-0.25, -0.2) is 0 Å². The highest BCUT2D eigenvalue weighted by atomic mass is 32.1. The van der Waals surface area contributed by atoms with Crippen LogP contribution >= 0.6 is 12.2 Å². The summed E-state index contributed by atoms with van der Waals surface area (Å²) in [6, 6.07) is 13.1. The number of unbranched alkanes of at least 4 members (excludes halogenated alkanes) is 1. The molecule has 2 N–H and O–H groups in total. The SMILES string of the molecule is CCCCOc1ccc(CNC(=S)NC(=O)c2ccc(C)cc2)cc1OC. The van der Waals surface area contributed by atoms with E-state index >= 15 is 0 Å². The lowest BCUT2D eigenvalue weighted by Crippen LogP contribution is -2.38. The van der Waals surface area contributed by atoms with E-state index in [2.05, 4.69) is 17.6 Å². The van der Waals surface area contributed by atoms with E-state index in [4.69, 9.17) is 21.7 Å². The molecule has 6 heteroatoms. The number of aryl methyl sites for hydroxylation is 1. The Hall–Kier alpha value is -2.60. The van der Waals surface area contributed by atoms with E-state index in [1.54, 1.807) is 19.2 Å². The van der Waals surface area contributed by atoms with Crippen molar-refractivity contribution in [3.63, 3.8) is 0 Å². The number of hydrogen-bond acceptors (Lipinski definition) is 4. The molecule has 0 aliphatic rings. The van der Waals surface area contributed by atoms with E-state index in [0.29, 0.717) is 24.5 Å². The molecule has 0 fully saturated rings. The minimum atomic E-state index is -0.232. The fraction of sp³-hybridized carbons (Fsp3) is 0.333. The molecule has 0 aliphatic heterocycles. The Morgan fingerprint density at radius 1 is 1.11 bits per heavy atom. The maximum atomic E-state index is 12.2. The molecule has 0 bridgehead atoms. The van der Waals surface area contributed by atoms with Crippen LogP contribution in [0.4, 0.5) is 0 Å². The Labute approximate surface area is 166 Å². The molecule has 0 aromatic heterocycles. The molecule has 144 valence electrons. The summed E-state index contributed by atoms with van der Waals surface area (Å²) in [5, 5.41) is 6.00. The maximum Gasteiger partial charge on any atom is 0.257 e. The van der Waals surface area contributed by atoms with Gasteiger partial charge < -0.3 is 14.8 Å². The molecule has 0 aliphatic carbocycles. The van der Waals surface area contributed by atoms with Crippen molar-refractivity contribution in [2.45, 2.75) is 33.2 Å². The first-order valence-electron chi connectivity index (χ1n) is 8.99. The Morgan fingerprint density at radius 2 is 1.85 bits per heavy atom. The van der Waals surface area contributed by atoms with E-state index in [-0.39, 0.29) is 11.0 Å². The highest BCUT2D eigenvalue weighted by Gasteiger charge is 2.09. The molecule has 0 spiro atoms. The van der Waals surface area contributed by atoms with Crippen molar-refractivity contribution in [1.29, 1.82) is 0 Å². The first-order valence-corrected chi connectivity index (χ1v) is 9.40. The Morgan fingerprint density at radius 3 is 2.52 bits per heavy atom. The van der Waals surface area contributed by atoms with Crippen LogP contribution in [-0.2, 0) is 6.54 Å². The lowest BCUT2D eigenvalue weighted by Gasteiger charge is -2.13. The van der Waals surface area contributed by atoms with Crippen molar-refractivity contribution < 1.29 is 14.3 Å². The molecule has 2 aromatic carbocycles. The van der Waals surface area contributed by atoms with Crippen molar-refractivity contribution in [2.75, 3.05) is 13.7 Å². The van der Waals surface area contributed by atoms with Crippen molar-refractivity contribution >= 4 is 23.2 Å². The van der Waals surface area contributed by atoms with Crippen LogP contribution in [0, 0.1) is 6.92 Å². The van der Waals surface area contributed by atoms with Gasteiger partial charge in [-0.15, -0.1) is 0 Å². The molecule has 1 amide bonds. The van der Waals surface area contributed by atoms with E-state index in [1.165, 1.54) is 0 Å². The summed E-state index contributed by atoms with van der Waals surface area (Å²) in [6.45, 7) is 5.23. The molecule has 0 saturated heterocycles. The predicted molar refractivity (Wildman–Crippen MR) is 111 cm³/mol. The topological polar surface area (TPSA) is 59.6 Å². The number of amides is 1. The van der Waals surface area contributed by atoms with Crippen molar-refractivity contribution in [2.24, 2.45) is 0 Å². The molecule has 0 saturated carbocycles. The predicted octanol–water partition coefficient (Wildman–Crippen LogP) is 3.99. The van der Waals surface area contributed by atoms with E-state index in [0.717, 1.165) is 29.7 Å². The van der Waals surface area contributed by atoms with Gasteiger partial charge in [-0.2, -0.15) is 0 Å². The second-order valence-electron chi connectivity index (χ2n) is 6.19. The van der Waals surface area contributed by atoms with Crippen LogP contribution in [0.2, 0.25) is 0 Å². The fourth-order valence-corrected chi connectivity index (χ4v) is 2.54. The Kier molecular flexibility index (Phi) is 8.07. The smallest absolute Gasteiger partial charge is 0.257 e. The van der Waals surface area contributed by atoms with Crippen LogP contribution in [0.15, 0.2) is 42.5 Å². The number of benzene rings is 2. The van der Waals surface area contributed by atoms with Gasteiger partial charge in [0.25, 0.3) is 5.91 Å². The summed E-state index contributed by atoms with van der Waals surface area (Å²) in [5.74, 6) is 1.18. The molecule has 0 heterocycles. The third-order valence-electron chi connectivity index (χ3n) is 3.98. The van der Waals surface area contributed by atoms with Gasteiger partial charge in [0.2, 0.25) is 0 Å². The lowest BCUT2D eigenvalue weighted by molar-refractivity contribution is 0.0976. The average molecular weight is 387 g/mol. The summed E-state index contributed by atoms with van der Waals surface area (Å²) in [7, 11) is 1.62. The van der Waals surface area contributed by atoms with Crippen LogP contribution in [-0.4, -0.2) is 24.7 Å². The molecule has 0 radical (unpaired) electrons. The van der Waals surface area contributed by atoms with Crippen molar-refractivity contribution in [1.82, 2.24) is 10.6 Å². The first kappa shape index (κ1) is 20.7. The number of hydrogen-bond donors (Lipinski definition) is 2. The number of methoxy groups -OCH3 is 1. The molecule has 27 heavy (non-hydrogen) atoms. The average Bonchev–Trinajstić information content (AvgIpc) is 2.67. The molecule has 2 rings (SSSR count). The monoisotopic (exact) mass is 386 g/mol. The van der Waals surface area contributed by atoms with Crippen molar-refractivity contribution in [3.8, 4) is 11.5 Å². The zero-order chi connectivity index (χ0) is 19.6. The minimum absolute atomic E-state index is 0.232. The zero-order valence-corrected chi connectivity index (χ0v) is 16.8. The van der Waals surface area contributed by atoms with Crippen molar-refractivity contribution in [3.05, 3.63) is 59.2 Å². The van der Waals surface area contributed by atoms with Gasteiger partial charge in [0.15, 0.2) is 16.6 Å². The molecule has 0 atom stereocenters. The Bertz CT molecular complexity index is 775. The second-order valence-corrected chi connectivity index (χ2v) is 6.60. The molecule has 0 unspecified atom stereocenters. The van der Waals surface area contributed by atoms with Gasteiger partial charge in [-0.3, -0.25) is 10.1 Å². The number of thiocarbonyl (C=S) groups is 1. The molecule has 2 aromatic rings. The van der Waals surface area contributed by atoms with E-state index in [1.807, 2.05) is 37.3 Å². The second kappa shape index (κ2) is 10.5. The van der Waals surface area contributed by atoms with Gasteiger partial charge in [0.05, 0.1) is 13.7 Å². The standard InChI is InChI=1S/C21H26N2O3S/c1-4-5-12-26-18-11-8-16(13-19(18)25-3)14-22-21(27)23-20(24)17-9-6-15(2)7-10-17/h6-11,13H,4-5,12,14H2,1-3H3,(H2,22,23,24,27). The molecule has 5 nitrogen and oxygen atoms in total. The zero-order valence-electron chi connectivity index (χ0n) is 16.0. The maximum absolute atomic E-state index is 12.2. The van der Waals surface area contributed by atoms with Crippen LogP contribution in [0.3, 0.4) is 0 Å². The van der Waals surface area contributed by atoms with Gasteiger partial charge in [0, 0.05) is 12.1 Å². The summed E-state index contributed by atoms with van der Waals surface area (Å²) < 4.78 is 11.1. The highest BCUT2D eigenvalue weighted by Crippen LogP contribution is 2.28. The van der Waals surface area contributed by atoms with Gasteiger partial charge in [-0.1, -0.05) is 37.1 Å². The summed E-state index contributed by atoms with van der Waals surface area (Å²) in [6.07, 6.45) is 2.08. The van der Waals surface area contributed by atoms with Crippen LogP contribution in [0.1, 0.15) is 41.3 Å². The lowest BCUT2D eigenvalue weighted by atomic mass is 10.1. The number of carbonyl (C=O) groups is 1. The highest BCUT2D eigenvalue weighted by molar-refractivity contribution is 7.80. The largest absolute Gasteiger partial charge is 0.493 e.